The quantitative estimate of drug-likeness (QED) is 0.469. The molecule has 0 bridgehead atoms. The van der Waals surface area contributed by atoms with E-state index < -0.39 is 40.1 Å². The van der Waals surface area contributed by atoms with Crippen LogP contribution in [-0.4, -0.2) is 24.1 Å². The zero-order chi connectivity index (χ0) is 13.9. The van der Waals surface area contributed by atoms with Crippen LogP contribution in [0.15, 0.2) is 12.1 Å². The van der Waals surface area contributed by atoms with Crippen molar-refractivity contribution in [2.75, 3.05) is 7.11 Å². The van der Waals surface area contributed by atoms with Crippen LogP contribution in [0.4, 0.5) is 14.5 Å². The molecule has 0 unspecified atom stereocenters. The number of nitrogens with zero attached hydrogens (tertiary/aromatic N) is 1. The zero-order valence-corrected chi connectivity index (χ0v) is 9.48. The molecule has 0 saturated carbocycles. The van der Waals surface area contributed by atoms with Crippen molar-refractivity contribution in [3.05, 3.63) is 33.9 Å². The lowest BCUT2D eigenvalue weighted by molar-refractivity contribution is -0.387. The van der Waals surface area contributed by atoms with Crippen molar-refractivity contribution < 1.29 is 28.0 Å². The maximum atomic E-state index is 13.4. The van der Waals surface area contributed by atoms with Crippen LogP contribution in [0.25, 0.3) is 0 Å². The Morgan fingerprint density at radius 3 is 2.50 bits per heavy atom. The maximum Gasteiger partial charge on any atom is 0.346 e. The molecule has 0 aliphatic carbocycles. The van der Waals surface area contributed by atoms with Gasteiger partial charge < -0.3 is 9.47 Å². The van der Waals surface area contributed by atoms with Crippen LogP contribution >= 0.6 is 0 Å². The van der Waals surface area contributed by atoms with Crippen molar-refractivity contribution in [2.24, 2.45) is 0 Å². The topological polar surface area (TPSA) is 78.7 Å². The molecule has 1 atom stereocenters. The van der Waals surface area contributed by atoms with Gasteiger partial charge in [0.15, 0.2) is 17.7 Å². The maximum absolute atomic E-state index is 13.4. The van der Waals surface area contributed by atoms with Gasteiger partial charge in [0.25, 0.3) is 0 Å². The van der Waals surface area contributed by atoms with Gasteiger partial charge in [0, 0.05) is 6.07 Å². The highest BCUT2D eigenvalue weighted by molar-refractivity contribution is 5.74. The molecule has 18 heavy (non-hydrogen) atoms. The zero-order valence-electron chi connectivity index (χ0n) is 9.48. The second-order valence-electron chi connectivity index (χ2n) is 3.27. The van der Waals surface area contributed by atoms with Gasteiger partial charge in [0.1, 0.15) is 0 Å². The first-order chi connectivity index (χ1) is 8.36. The van der Waals surface area contributed by atoms with Crippen LogP contribution in [0.2, 0.25) is 0 Å². The van der Waals surface area contributed by atoms with E-state index in [2.05, 4.69) is 4.74 Å². The summed E-state index contributed by atoms with van der Waals surface area (Å²) in [5.74, 6) is -3.78. The van der Waals surface area contributed by atoms with Gasteiger partial charge in [-0.05, 0) is 6.92 Å². The summed E-state index contributed by atoms with van der Waals surface area (Å²) < 4.78 is 35.7. The van der Waals surface area contributed by atoms with Crippen molar-refractivity contribution in [3.63, 3.8) is 0 Å². The van der Waals surface area contributed by atoms with E-state index in [1.165, 1.54) is 6.92 Å². The minimum Gasteiger partial charge on any atom is -0.476 e. The van der Waals surface area contributed by atoms with E-state index in [1.54, 1.807) is 0 Å². The van der Waals surface area contributed by atoms with E-state index in [4.69, 9.17) is 4.74 Å². The van der Waals surface area contributed by atoms with Crippen LogP contribution < -0.4 is 4.74 Å². The smallest absolute Gasteiger partial charge is 0.346 e. The Bertz CT molecular complexity index is 491. The molecule has 0 aliphatic rings. The molecule has 0 amide bonds. The molecule has 0 N–H and O–H groups in total. The van der Waals surface area contributed by atoms with Gasteiger partial charge in [-0.3, -0.25) is 10.1 Å². The van der Waals surface area contributed by atoms with Gasteiger partial charge in [-0.25, -0.2) is 9.18 Å². The van der Waals surface area contributed by atoms with Gasteiger partial charge in [-0.15, -0.1) is 0 Å². The Hall–Kier alpha value is -2.25. The third-order valence-electron chi connectivity index (χ3n) is 2.03. The first-order valence-electron chi connectivity index (χ1n) is 4.74. The van der Waals surface area contributed by atoms with E-state index in [1.807, 2.05) is 0 Å². The van der Waals surface area contributed by atoms with Gasteiger partial charge in [-0.1, -0.05) is 0 Å². The van der Waals surface area contributed by atoms with Gasteiger partial charge >= 0.3 is 11.7 Å². The molecule has 0 spiro atoms. The molecule has 0 aromatic heterocycles. The largest absolute Gasteiger partial charge is 0.476 e. The highest BCUT2D eigenvalue weighted by Crippen LogP contribution is 2.27. The molecule has 6 nitrogen and oxygen atoms in total. The molecule has 8 heteroatoms. The summed E-state index contributed by atoms with van der Waals surface area (Å²) in [4.78, 5) is 20.3. The lowest BCUT2D eigenvalue weighted by atomic mass is 10.2. The number of esters is 1. The number of ether oxygens (including phenoxy) is 2. The van der Waals surface area contributed by atoms with Crippen molar-refractivity contribution in [3.8, 4) is 5.75 Å². The summed E-state index contributed by atoms with van der Waals surface area (Å²) in [6.07, 6.45) is -1.16. The Kier molecular flexibility index (Phi) is 4.13. The molecule has 1 aromatic carbocycles. The molecule has 0 aliphatic heterocycles. The summed E-state index contributed by atoms with van der Waals surface area (Å²) in [6.45, 7) is 1.27. The van der Waals surface area contributed by atoms with E-state index in [0.717, 1.165) is 7.11 Å². The first-order valence-corrected chi connectivity index (χ1v) is 4.74. The molecule has 0 radical (unpaired) electrons. The predicted molar refractivity (Wildman–Crippen MR) is 55.1 cm³/mol. The lowest BCUT2D eigenvalue weighted by Gasteiger charge is -2.12. The predicted octanol–water partition coefficient (Wildman–Crippen LogP) is 1.81. The van der Waals surface area contributed by atoms with Crippen LogP contribution in [0.1, 0.15) is 6.92 Å². The molecule has 1 rings (SSSR count). The second kappa shape index (κ2) is 5.39. The Morgan fingerprint density at radius 2 is 2.00 bits per heavy atom. The van der Waals surface area contributed by atoms with Gasteiger partial charge in [0.05, 0.1) is 18.1 Å². The minimum atomic E-state index is -1.26. The molecule has 0 fully saturated rings. The number of nitro benzene ring substituents is 1. The van der Waals surface area contributed by atoms with E-state index >= 15 is 0 Å². The standard InChI is InChI=1S/C10H9F2NO5/c1-5(10(14)17-2)18-9-4-6(11)8(13(15)16)3-7(9)12/h3-5H,1-2H3/t5-/m1/s1. The molecule has 98 valence electrons. The SMILES string of the molecule is COC(=O)[C@@H](C)Oc1cc(F)c([N+](=O)[O-])cc1F. The molecule has 0 saturated heterocycles. The number of carbonyl (C=O) groups is 1. The number of hydrogen-bond donors (Lipinski definition) is 0. The molecule has 0 heterocycles. The normalized spacial score (nSPS) is 11.8. The minimum absolute atomic E-state index is 0.384. The lowest BCUT2D eigenvalue weighted by Crippen LogP contribution is -2.25. The summed E-state index contributed by atoms with van der Waals surface area (Å²) in [7, 11) is 1.11. The number of benzene rings is 1. The van der Waals surface area contributed by atoms with Gasteiger partial charge in [-0.2, -0.15) is 4.39 Å². The highest BCUT2D eigenvalue weighted by Gasteiger charge is 2.22. The first kappa shape index (κ1) is 13.8. The van der Waals surface area contributed by atoms with E-state index in [9.17, 15) is 23.7 Å². The third-order valence-corrected chi connectivity index (χ3v) is 2.03. The summed E-state index contributed by atoms with van der Waals surface area (Å²) in [5, 5.41) is 10.3. The summed E-state index contributed by atoms with van der Waals surface area (Å²) >= 11 is 0. The summed E-state index contributed by atoms with van der Waals surface area (Å²) in [5.41, 5.74) is -1.01. The Balaban J connectivity index is 3.02. The van der Waals surface area contributed by atoms with Crippen molar-refractivity contribution in [2.45, 2.75) is 13.0 Å². The number of rotatable bonds is 4. The average Bonchev–Trinajstić information content (AvgIpc) is 2.31. The average molecular weight is 261 g/mol. The van der Waals surface area contributed by atoms with Crippen LogP contribution in [0, 0.1) is 21.7 Å². The highest BCUT2D eigenvalue weighted by atomic mass is 19.1. The molecular weight excluding hydrogens is 252 g/mol. The fourth-order valence-electron chi connectivity index (χ4n) is 1.15. The van der Waals surface area contributed by atoms with Crippen molar-refractivity contribution in [1.82, 2.24) is 0 Å². The van der Waals surface area contributed by atoms with Crippen LogP contribution in [-0.2, 0) is 9.53 Å². The van der Waals surface area contributed by atoms with E-state index in [0.29, 0.717) is 12.1 Å². The monoisotopic (exact) mass is 261 g/mol. The molecular formula is C10H9F2NO5. The van der Waals surface area contributed by atoms with Crippen LogP contribution in [0.3, 0.4) is 0 Å². The third kappa shape index (κ3) is 2.90. The second-order valence-corrected chi connectivity index (χ2v) is 3.27. The number of carbonyl (C=O) groups excluding carboxylic acids is 1. The summed E-state index contributed by atoms with van der Waals surface area (Å²) in [6, 6.07) is 0.890. The number of halogens is 2. The van der Waals surface area contributed by atoms with Crippen LogP contribution in [0.5, 0.6) is 5.75 Å². The Labute approximate surface area is 100 Å². The Morgan fingerprint density at radius 1 is 1.39 bits per heavy atom. The van der Waals surface area contributed by atoms with Crippen molar-refractivity contribution >= 4 is 11.7 Å². The number of hydrogen-bond acceptors (Lipinski definition) is 5. The number of methoxy groups -OCH3 is 1. The molecule has 1 aromatic rings. The number of nitro groups is 1. The fraction of sp³-hybridized carbons (Fsp3) is 0.300. The van der Waals surface area contributed by atoms with Gasteiger partial charge in [0.2, 0.25) is 5.82 Å². The fourth-order valence-corrected chi connectivity index (χ4v) is 1.15. The van der Waals surface area contributed by atoms with Crippen molar-refractivity contribution in [1.29, 1.82) is 0 Å². The van der Waals surface area contributed by atoms with E-state index in [-0.39, 0.29) is 0 Å².